The average molecular weight is 317 g/mol. The van der Waals surface area contributed by atoms with E-state index >= 15 is 0 Å². The van der Waals surface area contributed by atoms with E-state index in [1.807, 2.05) is 24.3 Å². The molecule has 0 unspecified atom stereocenters. The summed E-state index contributed by atoms with van der Waals surface area (Å²) in [4.78, 5) is 14.0. The van der Waals surface area contributed by atoms with Crippen molar-refractivity contribution in [3.05, 3.63) is 29.8 Å². The Morgan fingerprint density at radius 1 is 1.26 bits per heavy atom. The zero-order valence-electron chi connectivity index (χ0n) is 14.1. The van der Waals surface area contributed by atoms with Gasteiger partial charge in [-0.25, -0.2) is 5.43 Å². The van der Waals surface area contributed by atoms with Crippen LogP contribution in [-0.4, -0.2) is 43.3 Å². The highest BCUT2D eigenvalue weighted by Crippen LogP contribution is 2.12. The molecule has 0 atom stereocenters. The van der Waals surface area contributed by atoms with Crippen molar-refractivity contribution in [2.24, 2.45) is 11.0 Å². The lowest BCUT2D eigenvalue weighted by Gasteiger charge is -2.25. The minimum atomic E-state index is -0.0555. The zero-order valence-corrected chi connectivity index (χ0v) is 14.1. The molecule has 0 radical (unpaired) electrons. The van der Waals surface area contributed by atoms with E-state index in [0.717, 1.165) is 24.4 Å². The van der Waals surface area contributed by atoms with Gasteiger partial charge in [0.25, 0.3) is 5.91 Å². The lowest BCUT2D eigenvalue weighted by molar-refractivity contribution is -0.122. The summed E-state index contributed by atoms with van der Waals surface area (Å²) in [6, 6.07) is 7.68. The van der Waals surface area contributed by atoms with Crippen molar-refractivity contribution >= 4 is 12.1 Å². The van der Waals surface area contributed by atoms with Crippen LogP contribution in [0.15, 0.2) is 29.4 Å². The maximum absolute atomic E-state index is 11.8. The number of benzene rings is 1. The van der Waals surface area contributed by atoms with Crippen molar-refractivity contribution in [3.63, 3.8) is 0 Å². The van der Waals surface area contributed by atoms with E-state index in [4.69, 9.17) is 4.74 Å². The molecule has 1 fully saturated rings. The lowest BCUT2D eigenvalue weighted by Crippen LogP contribution is -2.38. The SMILES string of the molecule is CC(C)COc1ccc(/C=N\NC(=O)CN2CCCCC2)cc1. The first-order valence-electron chi connectivity index (χ1n) is 8.40. The fraction of sp³-hybridized carbons (Fsp3) is 0.556. The normalized spacial score (nSPS) is 16.0. The molecule has 5 heteroatoms. The summed E-state index contributed by atoms with van der Waals surface area (Å²) in [7, 11) is 0. The summed E-state index contributed by atoms with van der Waals surface area (Å²) < 4.78 is 5.63. The van der Waals surface area contributed by atoms with Gasteiger partial charge in [0, 0.05) is 0 Å². The third-order valence-corrected chi connectivity index (χ3v) is 3.68. The molecule has 0 aliphatic carbocycles. The Morgan fingerprint density at radius 3 is 2.61 bits per heavy atom. The number of ether oxygens (including phenoxy) is 1. The van der Waals surface area contributed by atoms with Gasteiger partial charge in [-0.15, -0.1) is 0 Å². The van der Waals surface area contributed by atoms with Crippen LogP contribution in [0.4, 0.5) is 0 Å². The van der Waals surface area contributed by atoms with Crippen molar-refractivity contribution in [1.82, 2.24) is 10.3 Å². The topological polar surface area (TPSA) is 53.9 Å². The summed E-state index contributed by atoms with van der Waals surface area (Å²) in [5.74, 6) is 1.30. The second kappa shape index (κ2) is 9.30. The molecule has 1 aliphatic heterocycles. The van der Waals surface area contributed by atoms with Gasteiger partial charge in [-0.3, -0.25) is 9.69 Å². The third kappa shape index (κ3) is 6.82. The van der Waals surface area contributed by atoms with Crippen molar-refractivity contribution < 1.29 is 9.53 Å². The molecule has 1 N–H and O–H groups in total. The van der Waals surface area contributed by atoms with E-state index in [2.05, 4.69) is 29.3 Å². The van der Waals surface area contributed by atoms with Gasteiger partial charge in [-0.2, -0.15) is 5.10 Å². The molecule has 5 nitrogen and oxygen atoms in total. The van der Waals surface area contributed by atoms with Gasteiger partial charge < -0.3 is 4.74 Å². The number of hydrazone groups is 1. The van der Waals surface area contributed by atoms with Crippen LogP contribution in [0.5, 0.6) is 5.75 Å². The molecule has 0 saturated carbocycles. The number of hydrogen-bond acceptors (Lipinski definition) is 4. The number of rotatable bonds is 7. The molecule has 126 valence electrons. The smallest absolute Gasteiger partial charge is 0.254 e. The zero-order chi connectivity index (χ0) is 16.5. The molecule has 1 saturated heterocycles. The molecule has 23 heavy (non-hydrogen) atoms. The largest absolute Gasteiger partial charge is 0.493 e. The highest BCUT2D eigenvalue weighted by Gasteiger charge is 2.12. The molecule has 1 aliphatic rings. The van der Waals surface area contributed by atoms with Gasteiger partial charge in [0.2, 0.25) is 0 Å². The van der Waals surface area contributed by atoms with Gasteiger partial charge in [0.15, 0.2) is 0 Å². The van der Waals surface area contributed by atoms with E-state index < -0.39 is 0 Å². The first kappa shape index (κ1) is 17.5. The number of piperidine rings is 1. The van der Waals surface area contributed by atoms with Gasteiger partial charge in [0.05, 0.1) is 19.4 Å². The number of amides is 1. The first-order valence-corrected chi connectivity index (χ1v) is 8.40. The molecule has 1 aromatic rings. The number of carbonyl (C=O) groups is 1. The van der Waals surface area contributed by atoms with Gasteiger partial charge in [0.1, 0.15) is 5.75 Å². The minimum Gasteiger partial charge on any atom is -0.493 e. The molecular formula is C18H27N3O2. The second-order valence-electron chi connectivity index (χ2n) is 6.40. The molecule has 0 aromatic heterocycles. The van der Waals surface area contributed by atoms with Crippen LogP contribution in [-0.2, 0) is 4.79 Å². The summed E-state index contributed by atoms with van der Waals surface area (Å²) in [6.07, 6.45) is 5.29. The van der Waals surface area contributed by atoms with Crippen molar-refractivity contribution in [3.8, 4) is 5.75 Å². The predicted molar refractivity (Wildman–Crippen MR) is 92.8 cm³/mol. The Bertz CT molecular complexity index is 506. The Hall–Kier alpha value is -1.88. The number of nitrogens with zero attached hydrogens (tertiary/aromatic N) is 2. The van der Waals surface area contributed by atoms with Crippen LogP contribution in [0.1, 0.15) is 38.7 Å². The molecular weight excluding hydrogens is 290 g/mol. The number of hydrogen-bond donors (Lipinski definition) is 1. The first-order chi connectivity index (χ1) is 11.1. The lowest BCUT2D eigenvalue weighted by atomic mass is 10.1. The Balaban J connectivity index is 1.72. The van der Waals surface area contributed by atoms with Crippen molar-refractivity contribution in [2.45, 2.75) is 33.1 Å². The van der Waals surface area contributed by atoms with Gasteiger partial charge in [-0.05, 0) is 61.7 Å². The summed E-state index contributed by atoms with van der Waals surface area (Å²) in [5, 5.41) is 4.02. The van der Waals surface area contributed by atoms with Crippen LogP contribution in [0.3, 0.4) is 0 Å². The van der Waals surface area contributed by atoms with E-state index in [1.165, 1.54) is 19.3 Å². The second-order valence-corrected chi connectivity index (χ2v) is 6.40. The molecule has 1 amide bonds. The third-order valence-electron chi connectivity index (χ3n) is 3.68. The van der Waals surface area contributed by atoms with E-state index in [1.54, 1.807) is 6.21 Å². The Morgan fingerprint density at radius 2 is 1.96 bits per heavy atom. The maximum atomic E-state index is 11.8. The summed E-state index contributed by atoms with van der Waals surface area (Å²) in [6.45, 7) is 7.39. The monoisotopic (exact) mass is 317 g/mol. The predicted octanol–water partition coefficient (Wildman–Crippen LogP) is 2.66. The molecule has 0 bridgehead atoms. The average Bonchev–Trinajstić information content (AvgIpc) is 2.55. The molecule has 0 spiro atoms. The van der Waals surface area contributed by atoms with E-state index in [-0.39, 0.29) is 5.91 Å². The Labute approximate surface area is 138 Å². The van der Waals surface area contributed by atoms with Crippen LogP contribution in [0, 0.1) is 5.92 Å². The number of carbonyl (C=O) groups excluding carboxylic acids is 1. The molecule has 1 heterocycles. The highest BCUT2D eigenvalue weighted by molar-refractivity contribution is 5.83. The molecule has 2 rings (SSSR count). The van der Waals surface area contributed by atoms with Crippen LogP contribution in [0.25, 0.3) is 0 Å². The van der Waals surface area contributed by atoms with Crippen LogP contribution < -0.4 is 10.2 Å². The fourth-order valence-corrected chi connectivity index (χ4v) is 2.45. The summed E-state index contributed by atoms with van der Waals surface area (Å²) >= 11 is 0. The highest BCUT2D eigenvalue weighted by atomic mass is 16.5. The van der Waals surface area contributed by atoms with E-state index in [0.29, 0.717) is 19.1 Å². The number of likely N-dealkylation sites (tertiary alicyclic amines) is 1. The van der Waals surface area contributed by atoms with Crippen molar-refractivity contribution in [2.75, 3.05) is 26.2 Å². The van der Waals surface area contributed by atoms with Crippen molar-refractivity contribution in [1.29, 1.82) is 0 Å². The maximum Gasteiger partial charge on any atom is 0.254 e. The fourth-order valence-electron chi connectivity index (χ4n) is 2.45. The molecule has 1 aromatic carbocycles. The minimum absolute atomic E-state index is 0.0555. The van der Waals surface area contributed by atoms with Gasteiger partial charge in [-0.1, -0.05) is 20.3 Å². The van der Waals surface area contributed by atoms with Crippen LogP contribution in [0.2, 0.25) is 0 Å². The quantitative estimate of drug-likeness (QED) is 0.621. The summed E-state index contributed by atoms with van der Waals surface area (Å²) in [5.41, 5.74) is 3.52. The Kier molecular flexibility index (Phi) is 7.07. The van der Waals surface area contributed by atoms with E-state index in [9.17, 15) is 4.79 Å². The van der Waals surface area contributed by atoms with Crippen LogP contribution >= 0.6 is 0 Å². The van der Waals surface area contributed by atoms with Gasteiger partial charge >= 0.3 is 0 Å². The standard InChI is InChI=1S/C18H27N3O2/c1-15(2)14-23-17-8-6-16(7-9-17)12-19-20-18(22)13-21-10-4-3-5-11-21/h6-9,12,15H,3-5,10-11,13-14H2,1-2H3,(H,20,22)/b19-12-. The number of nitrogens with one attached hydrogen (secondary N) is 1.